The second-order valence-electron chi connectivity index (χ2n) is 6.94. The Bertz CT molecular complexity index is 484. The molecule has 0 aliphatic heterocycles. The van der Waals surface area contributed by atoms with E-state index in [0.29, 0.717) is 6.54 Å². The zero-order valence-electron chi connectivity index (χ0n) is 13.9. The van der Waals surface area contributed by atoms with Crippen LogP contribution in [0.2, 0.25) is 0 Å². The van der Waals surface area contributed by atoms with E-state index in [9.17, 15) is 14.3 Å². The number of hydrogen-bond donors (Lipinski definition) is 3. The smallest absolute Gasteiger partial charge is 0.315 e. The van der Waals surface area contributed by atoms with Gasteiger partial charge < -0.3 is 15.7 Å². The van der Waals surface area contributed by atoms with Gasteiger partial charge in [0.2, 0.25) is 0 Å². The number of carbonyl (C=O) groups excluding carboxylic acids is 1. The quantitative estimate of drug-likeness (QED) is 0.678. The van der Waals surface area contributed by atoms with Gasteiger partial charge in [-0.3, -0.25) is 0 Å². The lowest BCUT2D eigenvalue weighted by Crippen LogP contribution is -2.46. The van der Waals surface area contributed by atoms with E-state index in [-0.39, 0.29) is 23.9 Å². The normalized spacial score (nSPS) is 12.1. The first kappa shape index (κ1) is 18.4. The van der Waals surface area contributed by atoms with Crippen molar-refractivity contribution in [1.82, 2.24) is 10.6 Å². The maximum Gasteiger partial charge on any atom is 0.315 e. The summed E-state index contributed by atoms with van der Waals surface area (Å²) in [7, 11) is 0. The molecule has 0 radical (unpaired) electrons. The van der Waals surface area contributed by atoms with Crippen LogP contribution in [-0.4, -0.2) is 24.3 Å². The molecule has 0 aliphatic carbocycles. The molecule has 4 nitrogen and oxygen atoms in total. The first-order chi connectivity index (χ1) is 10.2. The van der Waals surface area contributed by atoms with Crippen LogP contribution in [0.3, 0.4) is 0 Å². The maximum atomic E-state index is 13.0. The Kier molecular flexibility index (Phi) is 6.35. The molecule has 0 aliphatic rings. The van der Waals surface area contributed by atoms with Gasteiger partial charge in [0.05, 0.1) is 5.54 Å². The summed E-state index contributed by atoms with van der Waals surface area (Å²) < 4.78 is 13.0. The number of nitrogens with one attached hydrogen (secondary N) is 2. The van der Waals surface area contributed by atoms with Crippen molar-refractivity contribution in [2.75, 3.05) is 13.2 Å². The van der Waals surface area contributed by atoms with Crippen molar-refractivity contribution in [3.63, 3.8) is 0 Å². The number of hydrogen-bond acceptors (Lipinski definition) is 2. The molecule has 0 unspecified atom stereocenters. The number of amides is 2. The van der Waals surface area contributed by atoms with Crippen molar-refractivity contribution in [3.05, 3.63) is 35.6 Å². The number of urea groups is 1. The van der Waals surface area contributed by atoms with E-state index >= 15 is 0 Å². The van der Waals surface area contributed by atoms with E-state index in [1.165, 1.54) is 12.1 Å². The summed E-state index contributed by atoms with van der Waals surface area (Å²) in [5.74, 6) is -0.296. The summed E-state index contributed by atoms with van der Waals surface area (Å²) in [4.78, 5) is 11.9. The predicted molar refractivity (Wildman–Crippen MR) is 86.1 cm³/mol. The predicted octanol–water partition coefficient (Wildman–Crippen LogP) is 3.16. The van der Waals surface area contributed by atoms with E-state index in [1.54, 1.807) is 12.1 Å². The van der Waals surface area contributed by atoms with Crippen molar-refractivity contribution in [3.8, 4) is 0 Å². The number of rotatable bonds is 7. The number of carbonyl (C=O) groups is 1. The summed E-state index contributed by atoms with van der Waals surface area (Å²) in [6.07, 6.45) is 1.64. The van der Waals surface area contributed by atoms with Gasteiger partial charge in [-0.15, -0.1) is 0 Å². The molecule has 1 rings (SSSR count). The minimum absolute atomic E-state index is 0.120. The molecule has 124 valence electrons. The van der Waals surface area contributed by atoms with Crippen LogP contribution in [0.25, 0.3) is 0 Å². The van der Waals surface area contributed by atoms with Crippen molar-refractivity contribution in [2.45, 2.75) is 46.1 Å². The highest BCUT2D eigenvalue weighted by molar-refractivity contribution is 5.74. The second kappa shape index (κ2) is 7.58. The average Bonchev–Trinajstić information content (AvgIpc) is 2.43. The molecular weight excluding hydrogens is 283 g/mol. The van der Waals surface area contributed by atoms with Crippen LogP contribution in [0, 0.1) is 11.2 Å². The Balaban J connectivity index is 2.42. The van der Waals surface area contributed by atoms with Gasteiger partial charge in [0.25, 0.3) is 0 Å². The highest BCUT2D eigenvalue weighted by Gasteiger charge is 2.22. The molecule has 1 aromatic carbocycles. The SMILES string of the molecule is CC(C)(CO)CCCNC(=O)NC(C)(C)c1ccc(F)cc1. The lowest BCUT2D eigenvalue weighted by molar-refractivity contribution is 0.148. The molecule has 0 aromatic heterocycles. The van der Waals surface area contributed by atoms with Crippen LogP contribution in [0.1, 0.15) is 46.1 Å². The number of aliphatic hydroxyl groups excluding tert-OH is 1. The minimum Gasteiger partial charge on any atom is -0.396 e. The lowest BCUT2D eigenvalue weighted by Gasteiger charge is -2.27. The van der Waals surface area contributed by atoms with Crippen molar-refractivity contribution in [2.24, 2.45) is 5.41 Å². The fourth-order valence-electron chi connectivity index (χ4n) is 2.11. The zero-order chi connectivity index (χ0) is 16.8. The van der Waals surface area contributed by atoms with Crippen LogP contribution >= 0.6 is 0 Å². The van der Waals surface area contributed by atoms with Crippen molar-refractivity contribution < 1.29 is 14.3 Å². The molecule has 0 saturated carbocycles. The van der Waals surface area contributed by atoms with Crippen LogP contribution in [0.5, 0.6) is 0 Å². The molecule has 0 fully saturated rings. The van der Waals surface area contributed by atoms with E-state index in [2.05, 4.69) is 10.6 Å². The fourth-order valence-corrected chi connectivity index (χ4v) is 2.11. The van der Waals surface area contributed by atoms with E-state index < -0.39 is 5.54 Å². The fraction of sp³-hybridized carbons (Fsp3) is 0.588. The van der Waals surface area contributed by atoms with Gasteiger partial charge in [-0.1, -0.05) is 26.0 Å². The van der Waals surface area contributed by atoms with Crippen LogP contribution in [0.4, 0.5) is 9.18 Å². The number of halogens is 1. The molecule has 0 bridgehead atoms. The van der Waals surface area contributed by atoms with E-state index in [4.69, 9.17) is 0 Å². The summed E-state index contributed by atoms with van der Waals surface area (Å²) in [6.45, 7) is 8.41. The first-order valence-corrected chi connectivity index (χ1v) is 7.59. The van der Waals surface area contributed by atoms with Crippen molar-refractivity contribution >= 4 is 6.03 Å². The van der Waals surface area contributed by atoms with Gasteiger partial charge >= 0.3 is 6.03 Å². The molecular formula is C17H27FN2O2. The number of aliphatic hydroxyl groups is 1. The topological polar surface area (TPSA) is 61.4 Å². The highest BCUT2D eigenvalue weighted by atomic mass is 19.1. The molecule has 5 heteroatoms. The third-order valence-corrected chi connectivity index (χ3v) is 3.74. The summed E-state index contributed by atoms with van der Waals surface area (Å²) >= 11 is 0. The largest absolute Gasteiger partial charge is 0.396 e. The van der Waals surface area contributed by atoms with Gasteiger partial charge in [-0.25, -0.2) is 9.18 Å². The van der Waals surface area contributed by atoms with Crippen molar-refractivity contribution in [1.29, 1.82) is 0 Å². The van der Waals surface area contributed by atoms with Crippen LogP contribution in [-0.2, 0) is 5.54 Å². The summed E-state index contributed by atoms with van der Waals surface area (Å²) in [5, 5.41) is 14.9. The Labute approximate surface area is 132 Å². The molecule has 0 heterocycles. The Hall–Kier alpha value is -1.62. The summed E-state index contributed by atoms with van der Waals surface area (Å²) in [5.41, 5.74) is 0.138. The third kappa shape index (κ3) is 6.02. The van der Waals surface area contributed by atoms with Gasteiger partial charge in [0.1, 0.15) is 5.82 Å². The minimum atomic E-state index is -0.581. The molecule has 22 heavy (non-hydrogen) atoms. The van der Waals surface area contributed by atoms with Gasteiger partial charge in [-0.05, 0) is 49.8 Å². The zero-order valence-corrected chi connectivity index (χ0v) is 13.9. The van der Waals surface area contributed by atoms with Gasteiger partial charge in [0, 0.05) is 13.2 Å². The first-order valence-electron chi connectivity index (χ1n) is 7.59. The Morgan fingerprint density at radius 3 is 2.32 bits per heavy atom. The molecule has 2 amide bonds. The van der Waals surface area contributed by atoms with Crippen LogP contribution < -0.4 is 10.6 Å². The maximum absolute atomic E-state index is 13.0. The summed E-state index contributed by atoms with van der Waals surface area (Å²) in [6, 6.07) is 5.84. The Morgan fingerprint density at radius 2 is 1.77 bits per heavy atom. The molecule has 0 saturated heterocycles. The Morgan fingerprint density at radius 1 is 1.18 bits per heavy atom. The highest BCUT2D eigenvalue weighted by Crippen LogP contribution is 2.21. The van der Waals surface area contributed by atoms with Gasteiger partial charge in [-0.2, -0.15) is 0 Å². The molecule has 3 N–H and O–H groups in total. The molecule has 1 aromatic rings. The number of benzene rings is 1. The van der Waals surface area contributed by atoms with E-state index in [0.717, 1.165) is 18.4 Å². The monoisotopic (exact) mass is 310 g/mol. The average molecular weight is 310 g/mol. The standard InChI is InChI=1S/C17H27FN2O2/c1-16(2,12-21)10-5-11-19-15(22)20-17(3,4)13-6-8-14(18)9-7-13/h6-9,21H,5,10-12H2,1-4H3,(H2,19,20,22). The molecule has 0 spiro atoms. The molecule has 0 atom stereocenters. The second-order valence-corrected chi connectivity index (χ2v) is 6.94. The lowest BCUT2D eigenvalue weighted by atomic mass is 9.89. The van der Waals surface area contributed by atoms with Crippen LogP contribution in [0.15, 0.2) is 24.3 Å². The van der Waals surface area contributed by atoms with Gasteiger partial charge in [0.15, 0.2) is 0 Å². The third-order valence-electron chi connectivity index (χ3n) is 3.74. The van der Waals surface area contributed by atoms with E-state index in [1.807, 2.05) is 27.7 Å².